The summed E-state index contributed by atoms with van der Waals surface area (Å²) < 4.78 is 8.34. The van der Waals surface area contributed by atoms with Crippen LogP contribution in [0.3, 0.4) is 0 Å². The maximum absolute atomic E-state index is 10.9. The van der Waals surface area contributed by atoms with Crippen molar-refractivity contribution in [2.75, 3.05) is 20.0 Å². The molecular formula is C9H14N2O4. The van der Waals surface area contributed by atoms with Crippen LogP contribution in [0.4, 0.5) is 5.69 Å². The van der Waals surface area contributed by atoms with Gasteiger partial charge in [-0.2, -0.15) is 0 Å². The van der Waals surface area contributed by atoms with Crippen LogP contribution in [0.5, 0.6) is 0 Å². The van der Waals surface area contributed by atoms with Gasteiger partial charge in [-0.25, -0.2) is 4.79 Å². The lowest BCUT2D eigenvalue weighted by molar-refractivity contribution is -0.126. The molecule has 0 aliphatic rings. The Balaban J connectivity index is 0.000000423. The van der Waals surface area contributed by atoms with E-state index in [1.54, 1.807) is 6.20 Å². The number of methoxy groups -OCH3 is 2. The van der Waals surface area contributed by atoms with Gasteiger partial charge in [0.05, 0.1) is 19.9 Å². The highest BCUT2D eigenvalue weighted by Gasteiger charge is 2.12. The Morgan fingerprint density at radius 3 is 2.33 bits per heavy atom. The number of nitrogens with two attached hydrogens (primary N) is 1. The van der Waals surface area contributed by atoms with Gasteiger partial charge in [0.1, 0.15) is 5.69 Å². The highest BCUT2D eigenvalue weighted by molar-refractivity contribution is 5.93. The molecule has 1 heterocycles. The van der Waals surface area contributed by atoms with Crippen LogP contribution in [0.25, 0.3) is 0 Å². The van der Waals surface area contributed by atoms with E-state index in [0.717, 1.165) is 5.56 Å². The minimum Gasteiger partial charge on any atom is -0.471 e. The molecule has 0 amide bonds. The molecule has 0 aromatic carbocycles. The average molecular weight is 214 g/mol. The van der Waals surface area contributed by atoms with E-state index >= 15 is 0 Å². The fourth-order valence-corrected chi connectivity index (χ4v) is 0.804. The molecule has 0 bridgehead atoms. The Bertz CT molecular complexity index is 333. The summed E-state index contributed by atoms with van der Waals surface area (Å²) in [7, 11) is 2.63. The van der Waals surface area contributed by atoms with Gasteiger partial charge in [-0.15, -0.1) is 0 Å². The summed E-state index contributed by atoms with van der Waals surface area (Å²) in [6, 6.07) is 0. The molecule has 0 aliphatic heterocycles. The number of esters is 1. The SMILES string of the molecule is COC(=O)c1[nH]cc(C)c1N.COC=O. The minimum absolute atomic E-state index is 0.324. The van der Waals surface area contributed by atoms with Crippen molar-refractivity contribution < 1.29 is 19.1 Å². The van der Waals surface area contributed by atoms with E-state index in [9.17, 15) is 4.79 Å². The number of aromatic nitrogens is 1. The lowest BCUT2D eigenvalue weighted by Crippen LogP contribution is -2.04. The van der Waals surface area contributed by atoms with Crippen molar-refractivity contribution in [3.8, 4) is 0 Å². The molecule has 0 atom stereocenters. The summed E-state index contributed by atoms with van der Waals surface area (Å²) >= 11 is 0. The van der Waals surface area contributed by atoms with Crippen LogP contribution in [0.1, 0.15) is 16.1 Å². The Morgan fingerprint density at radius 1 is 1.53 bits per heavy atom. The van der Waals surface area contributed by atoms with Gasteiger partial charge in [0, 0.05) is 6.20 Å². The molecule has 1 rings (SSSR count). The molecule has 0 saturated heterocycles. The number of H-pyrrole nitrogens is 1. The molecule has 0 unspecified atom stereocenters. The largest absolute Gasteiger partial charge is 0.471 e. The van der Waals surface area contributed by atoms with Gasteiger partial charge < -0.3 is 20.2 Å². The zero-order valence-electron chi connectivity index (χ0n) is 8.87. The first-order valence-electron chi connectivity index (χ1n) is 4.06. The second-order valence-corrected chi connectivity index (χ2v) is 2.58. The van der Waals surface area contributed by atoms with E-state index in [4.69, 9.17) is 10.5 Å². The van der Waals surface area contributed by atoms with Crippen LogP contribution in [-0.2, 0) is 14.3 Å². The maximum Gasteiger partial charge on any atom is 0.356 e. The van der Waals surface area contributed by atoms with Crippen molar-refractivity contribution in [3.63, 3.8) is 0 Å². The van der Waals surface area contributed by atoms with Crippen molar-refractivity contribution in [2.24, 2.45) is 0 Å². The summed E-state index contributed by atoms with van der Waals surface area (Å²) in [5.41, 5.74) is 7.18. The topological polar surface area (TPSA) is 94.4 Å². The second-order valence-electron chi connectivity index (χ2n) is 2.58. The lowest BCUT2D eigenvalue weighted by atomic mass is 10.3. The average Bonchev–Trinajstić information content (AvgIpc) is 2.59. The second kappa shape index (κ2) is 6.47. The monoisotopic (exact) mass is 214 g/mol. The highest BCUT2D eigenvalue weighted by Crippen LogP contribution is 2.15. The number of nitrogens with one attached hydrogen (secondary N) is 1. The number of rotatable bonds is 2. The van der Waals surface area contributed by atoms with Gasteiger partial charge in [0.2, 0.25) is 0 Å². The molecular weight excluding hydrogens is 200 g/mol. The van der Waals surface area contributed by atoms with Crippen molar-refractivity contribution >= 4 is 18.1 Å². The molecule has 84 valence electrons. The van der Waals surface area contributed by atoms with Crippen LogP contribution in [0.15, 0.2) is 6.20 Å². The normalized spacial score (nSPS) is 8.47. The number of carbonyl (C=O) groups is 2. The van der Waals surface area contributed by atoms with E-state index in [0.29, 0.717) is 17.9 Å². The number of anilines is 1. The fourth-order valence-electron chi connectivity index (χ4n) is 0.804. The standard InChI is InChI=1S/C7H10N2O2.C2H4O2/c1-4-3-9-6(5(4)8)7(10)11-2;1-4-2-3/h3,9H,8H2,1-2H3;2H,1H3. The van der Waals surface area contributed by atoms with E-state index in [-0.39, 0.29) is 0 Å². The highest BCUT2D eigenvalue weighted by atomic mass is 16.5. The number of ether oxygens (including phenoxy) is 2. The third kappa shape index (κ3) is 3.72. The van der Waals surface area contributed by atoms with Crippen molar-refractivity contribution in [1.82, 2.24) is 4.98 Å². The summed E-state index contributed by atoms with van der Waals surface area (Å²) in [4.78, 5) is 22.6. The van der Waals surface area contributed by atoms with Crippen LogP contribution in [0, 0.1) is 6.92 Å². The Labute approximate surface area is 87.4 Å². The molecule has 6 nitrogen and oxygen atoms in total. The zero-order valence-corrected chi connectivity index (χ0v) is 8.87. The van der Waals surface area contributed by atoms with Crippen LogP contribution < -0.4 is 5.73 Å². The smallest absolute Gasteiger partial charge is 0.356 e. The quantitative estimate of drug-likeness (QED) is 0.551. The predicted octanol–water partition coefficient (Wildman–Crippen LogP) is 0.481. The third-order valence-electron chi connectivity index (χ3n) is 1.61. The van der Waals surface area contributed by atoms with Crippen molar-refractivity contribution in [1.29, 1.82) is 0 Å². The van der Waals surface area contributed by atoms with E-state index in [1.807, 2.05) is 6.92 Å². The molecule has 0 aliphatic carbocycles. The van der Waals surface area contributed by atoms with Gasteiger partial charge in [-0.1, -0.05) is 0 Å². The molecule has 0 fully saturated rings. The zero-order chi connectivity index (χ0) is 11.8. The van der Waals surface area contributed by atoms with E-state index in [1.165, 1.54) is 14.2 Å². The van der Waals surface area contributed by atoms with Gasteiger partial charge in [-0.3, -0.25) is 4.79 Å². The maximum atomic E-state index is 10.9. The molecule has 0 spiro atoms. The summed E-state index contributed by atoms with van der Waals surface area (Å²) in [6.07, 6.45) is 1.67. The third-order valence-corrected chi connectivity index (χ3v) is 1.61. The number of nitrogen functional groups attached to an aromatic ring is 1. The first-order valence-corrected chi connectivity index (χ1v) is 4.06. The molecule has 3 N–H and O–H groups in total. The predicted molar refractivity (Wildman–Crippen MR) is 54.4 cm³/mol. The van der Waals surface area contributed by atoms with E-state index < -0.39 is 5.97 Å². The van der Waals surface area contributed by atoms with Gasteiger partial charge >= 0.3 is 5.97 Å². The Morgan fingerprint density at radius 2 is 2.07 bits per heavy atom. The van der Waals surface area contributed by atoms with Crippen molar-refractivity contribution in [3.05, 3.63) is 17.5 Å². The van der Waals surface area contributed by atoms with Gasteiger partial charge in [-0.05, 0) is 12.5 Å². The molecule has 1 aromatic rings. The van der Waals surface area contributed by atoms with E-state index in [2.05, 4.69) is 14.5 Å². The first-order chi connectivity index (χ1) is 7.08. The molecule has 1 aromatic heterocycles. The molecule has 15 heavy (non-hydrogen) atoms. The number of aromatic amines is 1. The van der Waals surface area contributed by atoms with Crippen LogP contribution >= 0.6 is 0 Å². The van der Waals surface area contributed by atoms with Crippen LogP contribution in [-0.4, -0.2) is 31.6 Å². The molecule has 6 heteroatoms. The van der Waals surface area contributed by atoms with Gasteiger partial charge in [0.25, 0.3) is 6.47 Å². The Hall–Kier alpha value is -1.98. The first kappa shape index (κ1) is 13.0. The lowest BCUT2D eigenvalue weighted by Gasteiger charge is -1.96. The molecule has 0 radical (unpaired) electrons. The Kier molecular flexibility index (Phi) is 5.62. The summed E-state index contributed by atoms with van der Waals surface area (Å²) in [6.45, 7) is 2.19. The fraction of sp³-hybridized carbons (Fsp3) is 0.333. The van der Waals surface area contributed by atoms with Crippen LogP contribution in [0.2, 0.25) is 0 Å². The molecule has 0 saturated carbocycles. The minimum atomic E-state index is -0.435. The number of aryl methyl sites for hydroxylation is 1. The summed E-state index contributed by atoms with van der Waals surface area (Å²) in [5, 5.41) is 0. The number of hydrogen-bond acceptors (Lipinski definition) is 5. The summed E-state index contributed by atoms with van der Waals surface area (Å²) in [5.74, 6) is -0.435. The van der Waals surface area contributed by atoms with Crippen molar-refractivity contribution in [2.45, 2.75) is 6.92 Å². The number of hydrogen-bond donors (Lipinski definition) is 2. The number of carbonyl (C=O) groups excluding carboxylic acids is 2. The van der Waals surface area contributed by atoms with Gasteiger partial charge in [0.15, 0.2) is 0 Å².